The summed E-state index contributed by atoms with van der Waals surface area (Å²) in [5.41, 5.74) is 0. The molecule has 1 aliphatic heterocycles. The van der Waals surface area contributed by atoms with E-state index in [1.165, 1.54) is 12.8 Å². The van der Waals surface area contributed by atoms with Crippen LogP contribution in [0.5, 0.6) is 0 Å². The van der Waals surface area contributed by atoms with Gasteiger partial charge in [-0.25, -0.2) is 0 Å². The molecule has 4 heteroatoms. The van der Waals surface area contributed by atoms with Crippen molar-refractivity contribution in [3.63, 3.8) is 0 Å². The molecule has 1 saturated heterocycles. The maximum atomic E-state index is 12.9. The van der Waals surface area contributed by atoms with Gasteiger partial charge in [0.05, 0.1) is 18.7 Å². The summed E-state index contributed by atoms with van der Waals surface area (Å²) in [6, 6.07) is 4.28. The summed E-state index contributed by atoms with van der Waals surface area (Å²) in [5, 5.41) is 3.35. The van der Waals surface area contributed by atoms with Gasteiger partial charge in [-0.2, -0.15) is 0 Å². The number of hydrogen-bond acceptors (Lipinski definition) is 3. The van der Waals surface area contributed by atoms with Crippen molar-refractivity contribution in [2.75, 3.05) is 13.1 Å². The summed E-state index contributed by atoms with van der Waals surface area (Å²) in [7, 11) is 0. The molecule has 1 aliphatic carbocycles. The smallest absolute Gasteiger partial charge is 0.227 e. The third-order valence-electron chi connectivity index (χ3n) is 4.60. The van der Waals surface area contributed by atoms with E-state index in [1.54, 1.807) is 6.26 Å². The standard InChI is InChI=1S/C16H24N2O2/c19-16(13-5-3-9-17-11-13)18(14-6-1-2-7-14)12-15-8-4-10-20-15/h4,8,10,13-14,17H,1-3,5-7,9,11-12H2. The van der Waals surface area contributed by atoms with Crippen LogP contribution in [-0.2, 0) is 11.3 Å². The molecule has 4 nitrogen and oxygen atoms in total. The van der Waals surface area contributed by atoms with E-state index in [4.69, 9.17) is 4.42 Å². The van der Waals surface area contributed by atoms with Gasteiger partial charge in [-0.15, -0.1) is 0 Å². The van der Waals surface area contributed by atoms with Crippen LogP contribution in [0.2, 0.25) is 0 Å². The van der Waals surface area contributed by atoms with Crippen LogP contribution >= 0.6 is 0 Å². The summed E-state index contributed by atoms with van der Waals surface area (Å²) in [4.78, 5) is 14.9. The predicted molar refractivity (Wildman–Crippen MR) is 77.1 cm³/mol. The number of carbonyl (C=O) groups excluding carboxylic acids is 1. The lowest BCUT2D eigenvalue weighted by Gasteiger charge is -2.33. The number of nitrogens with one attached hydrogen (secondary N) is 1. The van der Waals surface area contributed by atoms with Crippen LogP contribution in [0.25, 0.3) is 0 Å². The predicted octanol–water partition coefficient (Wildman–Crippen LogP) is 2.55. The highest BCUT2D eigenvalue weighted by molar-refractivity contribution is 5.79. The third-order valence-corrected chi connectivity index (χ3v) is 4.60. The molecule has 1 saturated carbocycles. The molecule has 3 rings (SSSR count). The molecule has 110 valence electrons. The number of carbonyl (C=O) groups is 1. The molecular weight excluding hydrogens is 252 g/mol. The van der Waals surface area contributed by atoms with Gasteiger partial charge in [0.1, 0.15) is 5.76 Å². The van der Waals surface area contributed by atoms with Crippen molar-refractivity contribution >= 4 is 5.91 Å². The van der Waals surface area contributed by atoms with Crippen molar-refractivity contribution in [2.45, 2.75) is 51.1 Å². The molecule has 1 aromatic heterocycles. The third kappa shape index (κ3) is 3.06. The van der Waals surface area contributed by atoms with Crippen molar-refractivity contribution < 1.29 is 9.21 Å². The fourth-order valence-corrected chi connectivity index (χ4v) is 3.47. The van der Waals surface area contributed by atoms with Crippen molar-refractivity contribution in [3.8, 4) is 0 Å². The first-order chi connectivity index (χ1) is 9.84. The van der Waals surface area contributed by atoms with Gasteiger partial charge in [0.2, 0.25) is 5.91 Å². The van der Waals surface area contributed by atoms with Gasteiger partial charge in [0.25, 0.3) is 0 Å². The van der Waals surface area contributed by atoms with Crippen LogP contribution in [-0.4, -0.2) is 29.9 Å². The highest BCUT2D eigenvalue weighted by atomic mass is 16.3. The molecule has 2 aliphatic rings. The maximum absolute atomic E-state index is 12.9. The molecule has 2 heterocycles. The molecule has 2 fully saturated rings. The molecule has 1 unspecified atom stereocenters. The Kier molecular flexibility index (Phi) is 4.41. The van der Waals surface area contributed by atoms with E-state index in [2.05, 4.69) is 10.2 Å². The van der Waals surface area contributed by atoms with E-state index in [9.17, 15) is 4.79 Å². The second-order valence-electron chi connectivity index (χ2n) is 6.03. The van der Waals surface area contributed by atoms with Crippen LogP contribution in [0.1, 0.15) is 44.3 Å². The van der Waals surface area contributed by atoms with Gasteiger partial charge in [-0.3, -0.25) is 4.79 Å². The number of hydrogen-bond donors (Lipinski definition) is 1. The first-order valence-electron chi connectivity index (χ1n) is 7.88. The van der Waals surface area contributed by atoms with E-state index >= 15 is 0 Å². The second kappa shape index (κ2) is 6.44. The fourth-order valence-electron chi connectivity index (χ4n) is 3.47. The number of rotatable bonds is 4. The monoisotopic (exact) mass is 276 g/mol. The van der Waals surface area contributed by atoms with Gasteiger partial charge in [0, 0.05) is 12.6 Å². The lowest BCUT2D eigenvalue weighted by molar-refractivity contribution is -0.139. The average molecular weight is 276 g/mol. The number of nitrogens with zero attached hydrogens (tertiary/aromatic N) is 1. The van der Waals surface area contributed by atoms with Crippen molar-refractivity contribution in [3.05, 3.63) is 24.2 Å². The van der Waals surface area contributed by atoms with E-state index in [0.29, 0.717) is 18.5 Å². The largest absolute Gasteiger partial charge is 0.467 e. The minimum absolute atomic E-state index is 0.152. The summed E-state index contributed by atoms with van der Waals surface area (Å²) in [5.74, 6) is 1.37. The fraction of sp³-hybridized carbons (Fsp3) is 0.688. The Morgan fingerprint density at radius 2 is 2.15 bits per heavy atom. The number of furan rings is 1. The van der Waals surface area contributed by atoms with Gasteiger partial charge >= 0.3 is 0 Å². The highest BCUT2D eigenvalue weighted by Gasteiger charge is 2.32. The molecule has 0 spiro atoms. The van der Waals surface area contributed by atoms with Crippen LogP contribution < -0.4 is 5.32 Å². The van der Waals surface area contributed by atoms with Crippen molar-refractivity contribution in [1.29, 1.82) is 0 Å². The minimum Gasteiger partial charge on any atom is -0.467 e. The first-order valence-corrected chi connectivity index (χ1v) is 7.88. The maximum Gasteiger partial charge on any atom is 0.227 e. The van der Waals surface area contributed by atoms with Gasteiger partial charge in [-0.05, 0) is 44.4 Å². The Bertz CT molecular complexity index is 418. The number of amides is 1. The molecule has 1 amide bonds. The Hall–Kier alpha value is -1.29. The minimum atomic E-state index is 0.152. The lowest BCUT2D eigenvalue weighted by atomic mass is 9.97. The quantitative estimate of drug-likeness (QED) is 0.919. The zero-order chi connectivity index (χ0) is 13.8. The number of piperidine rings is 1. The SMILES string of the molecule is O=C(C1CCCNC1)N(Cc1ccco1)C1CCCC1. The van der Waals surface area contributed by atoms with E-state index in [1.807, 2.05) is 12.1 Å². The van der Waals surface area contributed by atoms with Crippen LogP contribution in [0.3, 0.4) is 0 Å². The molecular formula is C16H24N2O2. The van der Waals surface area contributed by atoms with Crippen LogP contribution in [0.4, 0.5) is 0 Å². The summed E-state index contributed by atoms with van der Waals surface area (Å²) >= 11 is 0. The lowest BCUT2D eigenvalue weighted by Crippen LogP contribution is -2.46. The van der Waals surface area contributed by atoms with E-state index in [-0.39, 0.29) is 5.92 Å². The van der Waals surface area contributed by atoms with Crippen molar-refractivity contribution in [2.24, 2.45) is 5.92 Å². The second-order valence-corrected chi connectivity index (χ2v) is 6.03. The summed E-state index contributed by atoms with van der Waals surface area (Å²) in [6.45, 7) is 2.51. The van der Waals surface area contributed by atoms with Gasteiger partial charge < -0.3 is 14.6 Å². The molecule has 1 aromatic rings. The van der Waals surface area contributed by atoms with E-state index in [0.717, 1.165) is 44.5 Å². The molecule has 0 bridgehead atoms. The molecule has 1 atom stereocenters. The molecule has 1 N–H and O–H groups in total. The average Bonchev–Trinajstić information content (AvgIpc) is 3.18. The van der Waals surface area contributed by atoms with Gasteiger partial charge in [-0.1, -0.05) is 12.8 Å². The first kappa shape index (κ1) is 13.7. The Balaban J connectivity index is 1.71. The van der Waals surface area contributed by atoms with E-state index < -0.39 is 0 Å². The Morgan fingerprint density at radius 1 is 1.30 bits per heavy atom. The van der Waals surface area contributed by atoms with Crippen LogP contribution in [0.15, 0.2) is 22.8 Å². The Labute approximate surface area is 120 Å². The van der Waals surface area contributed by atoms with Gasteiger partial charge in [0.15, 0.2) is 0 Å². The Morgan fingerprint density at radius 3 is 2.80 bits per heavy atom. The summed E-state index contributed by atoms with van der Waals surface area (Å²) < 4.78 is 5.45. The topological polar surface area (TPSA) is 45.5 Å². The van der Waals surface area contributed by atoms with Crippen LogP contribution in [0, 0.1) is 5.92 Å². The molecule has 0 aromatic carbocycles. The zero-order valence-corrected chi connectivity index (χ0v) is 12.0. The zero-order valence-electron chi connectivity index (χ0n) is 12.0. The molecule has 20 heavy (non-hydrogen) atoms. The summed E-state index contributed by atoms with van der Waals surface area (Å²) in [6.07, 6.45) is 8.60. The van der Waals surface area contributed by atoms with Crippen molar-refractivity contribution in [1.82, 2.24) is 10.2 Å². The molecule has 0 radical (unpaired) electrons. The highest BCUT2D eigenvalue weighted by Crippen LogP contribution is 2.27. The normalized spacial score (nSPS) is 23.9.